The Morgan fingerprint density at radius 1 is 0.844 bits per heavy atom. The molecule has 0 spiro atoms. The van der Waals surface area contributed by atoms with E-state index in [9.17, 15) is 0 Å². The van der Waals surface area contributed by atoms with Gasteiger partial charge in [0, 0.05) is 18.6 Å². The molecule has 0 aliphatic heterocycles. The van der Waals surface area contributed by atoms with E-state index in [1.807, 2.05) is 0 Å². The van der Waals surface area contributed by atoms with Crippen LogP contribution in [0.2, 0.25) is 0 Å². The molecule has 1 unspecified atom stereocenters. The molecule has 0 aliphatic carbocycles. The zero-order chi connectivity index (χ0) is 23.1. The maximum atomic E-state index is 5.49. The summed E-state index contributed by atoms with van der Waals surface area (Å²) in [7, 11) is 2.31. The number of hydrogen-bond donors (Lipinski definition) is 0. The van der Waals surface area contributed by atoms with Crippen molar-refractivity contribution >= 4 is 31.1 Å². The lowest BCUT2D eigenvalue weighted by molar-refractivity contribution is 0.185. The number of benzene rings is 3. The van der Waals surface area contributed by atoms with Crippen LogP contribution in [-0.2, 0) is 17.8 Å². The first-order valence-electron chi connectivity index (χ1n) is 11.6. The maximum Gasteiger partial charge on any atom is 0.0719 e. The second-order valence-corrected chi connectivity index (χ2v) is 10.1. The summed E-state index contributed by atoms with van der Waals surface area (Å²) in [6.07, 6.45) is 3.11. The first-order chi connectivity index (χ1) is 15.5. The molecule has 0 aliphatic rings. The smallest absolute Gasteiger partial charge is 0.0719 e. The highest BCUT2D eigenvalue weighted by Crippen LogP contribution is 2.28. The Balaban J connectivity index is 2.03. The monoisotopic (exact) mass is 445 g/mol. The molecule has 2 nitrogen and oxygen atoms in total. The highest BCUT2D eigenvalue weighted by Gasteiger charge is 2.13. The van der Waals surface area contributed by atoms with E-state index >= 15 is 0 Å². The summed E-state index contributed by atoms with van der Waals surface area (Å²) in [4.78, 5) is 5.04. The lowest BCUT2D eigenvalue weighted by atomic mass is 9.89. The number of nitrogens with zero attached hydrogens (tertiary/aromatic N) is 1. The van der Waals surface area contributed by atoms with Crippen LogP contribution in [0.15, 0.2) is 65.7 Å². The van der Waals surface area contributed by atoms with E-state index in [0.717, 1.165) is 12.1 Å². The van der Waals surface area contributed by atoms with Crippen molar-refractivity contribution in [3.8, 4) is 0 Å². The Kier molecular flexibility index (Phi) is 8.79. The highest BCUT2D eigenvalue weighted by atomic mass is 31.1. The van der Waals surface area contributed by atoms with Gasteiger partial charge in [-0.2, -0.15) is 0 Å². The molecule has 3 heteroatoms. The molecule has 0 fully saturated rings. The summed E-state index contributed by atoms with van der Waals surface area (Å²) < 4.78 is 5.49. The maximum absolute atomic E-state index is 5.49. The number of methoxy groups -OCH3 is 1. The lowest BCUT2D eigenvalue weighted by Crippen LogP contribution is -2.15. The molecule has 0 saturated carbocycles. The number of para-hydroxylation sites is 1. The van der Waals surface area contributed by atoms with E-state index < -0.39 is 0 Å². The number of rotatable bonds is 9. The van der Waals surface area contributed by atoms with Crippen LogP contribution >= 0.6 is 8.58 Å². The normalized spacial score (nSPS) is 12.1. The largest absolute Gasteiger partial charge is 0.380 e. The molecule has 0 amide bonds. The molecule has 1 atom stereocenters. The van der Waals surface area contributed by atoms with E-state index in [-0.39, 0.29) is 0 Å². The van der Waals surface area contributed by atoms with Gasteiger partial charge in [0.15, 0.2) is 0 Å². The second kappa shape index (κ2) is 11.5. The van der Waals surface area contributed by atoms with Crippen LogP contribution in [0.3, 0.4) is 0 Å². The first kappa shape index (κ1) is 24.4. The fraction of sp³-hybridized carbons (Fsp3) is 0.345. The average molecular weight is 446 g/mol. The predicted octanol–water partition coefficient (Wildman–Crippen LogP) is 7.02. The van der Waals surface area contributed by atoms with Gasteiger partial charge >= 0.3 is 0 Å². The molecule has 0 N–H and O–H groups in total. The average Bonchev–Trinajstić information content (AvgIpc) is 2.79. The zero-order valence-electron chi connectivity index (χ0n) is 20.3. The van der Waals surface area contributed by atoms with Crippen molar-refractivity contribution in [1.82, 2.24) is 0 Å². The summed E-state index contributed by atoms with van der Waals surface area (Å²) in [5.41, 5.74) is 7.70. The molecule has 0 aromatic heterocycles. The second-order valence-electron chi connectivity index (χ2n) is 8.80. The molecule has 3 aromatic carbocycles. The molecular formula is C29H36NOP. The molecule has 3 aromatic rings. The minimum atomic E-state index is 0.459. The Labute approximate surface area is 195 Å². The predicted molar refractivity (Wildman–Crippen MR) is 142 cm³/mol. The van der Waals surface area contributed by atoms with Gasteiger partial charge in [0.05, 0.1) is 12.3 Å². The Bertz CT molecular complexity index is 1040. The Hall–Kier alpha value is -2.28. The molecule has 0 heterocycles. The number of aryl methyl sites for hydroxylation is 1. The minimum absolute atomic E-state index is 0.459. The molecule has 0 radical (unpaired) electrons. The van der Waals surface area contributed by atoms with Crippen LogP contribution in [0.4, 0.5) is 5.69 Å². The molecular weight excluding hydrogens is 409 g/mol. The third kappa shape index (κ3) is 5.74. The number of aliphatic imine (C=N–C) groups is 1. The number of hydrogen-bond acceptors (Lipinski definition) is 2. The highest BCUT2D eigenvalue weighted by molar-refractivity contribution is 7.56. The van der Waals surface area contributed by atoms with Crippen molar-refractivity contribution in [2.24, 2.45) is 4.99 Å². The third-order valence-corrected chi connectivity index (χ3v) is 7.42. The fourth-order valence-electron chi connectivity index (χ4n) is 4.10. The van der Waals surface area contributed by atoms with Gasteiger partial charge in [0.25, 0.3) is 0 Å². The quantitative estimate of drug-likeness (QED) is 0.256. The van der Waals surface area contributed by atoms with Crippen LogP contribution < -0.4 is 10.6 Å². The van der Waals surface area contributed by atoms with Crippen LogP contribution in [0.5, 0.6) is 0 Å². The van der Waals surface area contributed by atoms with Gasteiger partial charge in [0.2, 0.25) is 0 Å². The van der Waals surface area contributed by atoms with Gasteiger partial charge in [-0.25, -0.2) is 0 Å². The van der Waals surface area contributed by atoms with E-state index in [1.54, 1.807) is 7.11 Å². The van der Waals surface area contributed by atoms with E-state index in [2.05, 4.69) is 101 Å². The summed E-state index contributed by atoms with van der Waals surface area (Å²) in [5.74, 6) is 0.917. The fourth-order valence-corrected chi connectivity index (χ4v) is 5.56. The van der Waals surface area contributed by atoms with E-state index in [1.165, 1.54) is 38.4 Å². The number of ether oxygens (including phenoxy) is 1. The van der Waals surface area contributed by atoms with Crippen molar-refractivity contribution in [1.29, 1.82) is 0 Å². The van der Waals surface area contributed by atoms with Crippen LogP contribution in [0.1, 0.15) is 74.3 Å². The molecule has 32 heavy (non-hydrogen) atoms. The van der Waals surface area contributed by atoms with Gasteiger partial charge < -0.3 is 4.74 Å². The van der Waals surface area contributed by atoms with Crippen molar-refractivity contribution in [3.63, 3.8) is 0 Å². The van der Waals surface area contributed by atoms with Gasteiger partial charge in [-0.05, 0) is 57.4 Å². The van der Waals surface area contributed by atoms with Crippen LogP contribution in [0, 0.1) is 0 Å². The van der Waals surface area contributed by atoms with Crippen molar-refractivity contribution in [2.45, 2.75) is 59.5 Å². The third-order valence-electron chi connectivity index (χ3n) is 5.83. The first-order valence-corrected chi connectivity index (χ1v) is 12.6. The van der Waals surface area contributed by atoms with Gasteiger partial charge in [-0.1, -0.05) is 97.8 Å². The Morgan fingerprint density at radius 3 is 2.09 bits per heavy atom. The molecule has 0 saturated heterocycles. The minimum Gasteiger partial charge on any atom is -0.380 e. The SMILES string of the molecule is CCc1cccc(COC)c1Pc1ccccc1N=Cc1c(C(C)C)cccc1C(C)C. The molecule has 3 rings (SSSR count). The summed E-state index contributed by atoms with van der Waals surface area (Å²) >= 11 is 0. The van der Waals surface area contributed by atoms with Gasteiger partial charge in [-0.15, -0.1) is 0 Å². The standard InChI is InChI=1S/C29H36NOP/c1-7-22-12-10-13-23(19-31-6)29(22)32-28-17-9-8-16-27(28)30-18-26-24(20(2)3)14-11-15-25(26)21(4)5/h8-18,20-21,32H,7,19H2,1-6H3. The van der Waals surface area contributed by atoms with Crippen LogP contribution in [0.25, 0.3) is 0 Å². The van der Waals surface area contributed by atoms with Crippen molar-refractivity contribution in [3.05, 3.63) is 88.5 Å². The Morgan fingerprint density at radius 2 is 1.47 bits per heavy atom. The summed E-state index contributed by atoms with van der Waals surface area (Å²) in [6.45, 7) is 11.9. The van der Waals surface area contributed by atoms with Crippen molar-refractivity contribution < 1.29 is 4.74 Å². The lowest BCUT2D eigenvalue weighted by Gasteiger charge is -2.17. The zero-order valence-corrected chi connectivity index (χ0v) is 21.3. The van der Waals surface area contributed by atoms with Crippen molar-refractivity contribution in [2.75, 3.05) is 7.11 Å². The molecule has 168 valence electrons. The summed E-state index contributed by atoms with van der Waals surface area (Å²) in [6, 6.07) is 21.8. The van der Waals surface area contributed by atoms with Gasteiger partial charge in [-0.3, -0.25) is 4.99 Å². The topological polar surface area (TPSA) is 21.6 Å². The summed E-state index contributed by atoms with van der Waals surface area (Å²) in [5, 5.41) is 2.67. The van der Waals surface area contributed by atoms with Gasteiger partial charge in [0.1, 0.15) is 0 Å². The van der Waals surface area contributed by atoms with Crippen LogP contribution in [-0.4, -0.2) is 13.3 Å². The van der Waals surface area contributed by atoms with E-state index in [0.29, 0.717) is 27.0 Å². The van der Waals surface area contributed by atoms with E-state index in [4.69, 9.17) is 9.73 Å². The molecule has 0 bridgehead atoms.